The smallest absolute Gasteiger partial charge is 0.200 e. The van der Waals surface area contributed by atoms with Crippen LogP contribution in [-0.2, 0) is 0 Å². The summed E-state index contributed by atoms with van der Waals surface area (Å²) in [6, 6.07) is 21.5. The number of benzene rings is 3. The zero-order valence-corrected chi connectivity index (χ0v) is 11.9. The topological polar surface area (TPSA) is 26.3 Å². The fraction of sp³-hybridized carbons (Fsp3) is 0.105. The molecule has 2 nitrogen and oxygen atoms in total. The molecule has 0 amide bonds. The molecule has 0 saturated carbocycles. The molecule has 0 spiro atoms. The zero-order chi connectivity index (χ0) is 14.7. The van der Waals surface area contributed by atoms with Crippen molar-refractivity contribution in [1.82, 2.24) is 0 Å². The number of Topliss-reactive ketones (excluding diaryl/α,β-unsaturated/α-hetero) is 1. The summed E-state index contributed by atoms with van der Waals surface area (Å²) in [7, 11) is 0. The Morgan fingerprint density at radius 3 is 2.38 bits per heavy atom. The Labute approximate surface area is 124 Å². The van der Waals surface area contributed by atoms with Crippen molar-refractivity contribution in [2.45, 2.75) is 6.92 Å². The van der Waals surface area contributed by atoms with Crippen LogP contribution in [0, 0.1) is 6.92 Å². The number of hydrogen-bond acceptors (Lipinski definition) is 2. The van der Waals surface area contributed by atoms with Crippen molar-refractivity contribution < 1.29 is 9.53 Å². The van der Waals surface area contributed by atoms with Gasteiger partial charge in [0.05, 0.1) is 0 Å². The van der Waals surface area contributed by atoms with E-state index in [-0.39, 0.29) is 12.4 Å². The first-order valence-electron chi connectivity index (χ1n) is 6.94. The van der Waals surface area contributed by atoms with Crippen LogP contribution in [0.25, 0.3) is 10.8 Å². The molecule has 0 aliphatic heterocycles. The highest BCUT2D eigenvalue weighted by Gasteiger charge is 2.06. The van der Waals surface area contributed by atoms with Gasteiger partial charge in [0.2, 0.25) is 0 Å². The van der Waals surface area contributed by atoms with E-state index in [4.69, 9.17) is 4.74 Å². The number of rotatable bonds is 4. The van der Waals surface area contributed by atoms with Gasteiger partial charge in [0, 0.05) is 5.56 Å². The summed E-state index contributed by atoms with van der Waals surface area (Å²) < 4.78 is 5.61. The summed E-state index contributed by atoms with van der Waals surface area (Å²) in [5, 5.41) is 2.27. The predicted octanol–water partition coefficient (Wildman–Crippen LogP) is 4.41. The van der Waals surface area contributed by atoms with Gasteiger partial charge < -0.3 is 4.74 Å². The third kappa shape index (κ3) is 3.11. The summed E-state index contributed by atoms with van der Waals surface area (Å²) in [6.07, 6.45) is 0. The molecule has 0 heterocycles. The minimum atomic E-state index is -0.0110. The van der Waals surface area contributed by atoms with E-state index in [9.17, 15) is 4.79 Å². The molecule has 0 fully saturated rings. The number of fused-ring (bicyclic) bond motifs is 1. The van der Waals surface area contributed by atoms with Crippen molar-refractivity contribution in [3.8, 4) is 5.75 Å². The molecule has 104 valence electrons. The first-order chi connectivity index (χ1) is 10.2. The highest BCUT2D eigenvalue weighted by atomic mass is 16.5. The van der Waals surface area contributed by atoms with Crippen molar-refractivity contribution in [1.29, 1.82) is 0 Å². The molecule has 3 aromatic rings. The highest BCUT2D eigenvalue weighted by Crippen LogP contribution is 2.20. The maximum atomic E-state index is 12.1. The van der Waals surface area contributed by atoms with Crippen molar-refractivity contribution in [2.75, 3.05) is 6.61 Å². The standard InChI is InChI=1S/C19H16O2/c1-14-6-8-16(9-7-14)19(20)13-21-18-11-10-15-4-2-3-5-17(15)12-18/h2-12H,13H2,1H3. The largest absolute Gasteiger partial charge is 0.485 e. The van der Waals surface area contributed by atoms with Gasteiger partial charge in [-0.2, -0.15) is 0 Å². The molecule has 0 saturated heterocycles. The van der Waals surface area contributed by atoms with Gasteiger partial charge in [-0.15, -0.1) is 0 Å². The van der Waals surface area contributed by atoms with Crippen LogP contribution in [0.2, 0.25) is 0 Å². The molecule has 21 heavy (non-hydrogen) atoms. The Morgan fingerprint density at radius 2 is 1.62 bits per heavy atom. The molecule has 3 aromatic carbocycles. The van der Waals surface area contributed by atoms with Crippen LogP contribution in [0.1, 0.15) is 15.9 Å². The second-order valence-electron chi connectivity index (χ2n) is 5.09. The second-order valence-corrected chi connectivity index (χ2v) is 5.09. The maximum Gasteiger partial charge on any atom is 0.200 e. The van der Waals surface area contributed by atoms with Gasteiger partial charge in [-0.3, -0.25) is 4.79 Å². The van der Waals surface area contributed by atoms with Crippen molar-refractivity contribution in [3.05, 3.63) is 77.9 Å². The van der Waals surface area contributed by atoms with E-state index < -0.39 is 0 Å². The molecule has 2 heteroatoms. The number of ether oxygens (including phenoxy) is 1. The second kappa shape index (κ2) is 5.80. The average molecular weight is 276 g/mol. The number of carbonyl (C=O) groups excluding carboxylic acids is 1. The van der Waals surface area contributed by atoms with Crippen LogP contribution in [0.3, 0.4) is 0 Å². The molecule has 0 aliphatic rings. The molecule has 0 aromatic heterocycles. The summed E-state index contributed by atoms with van der Waals surface area (Å²) in [5.74, 6) is 0.706. The van der Waals surface area contributed by atoms with Gasteiger partial charge >= 0.3 is 0 Å². The van der Waals surface area contributed by atoms with Gasteiger partial charge in [-0.05, 0) is 29.8 Å². The fourth-order valence-electron chi connectivity index (χ4n) is 2.23. The molecular weight excluding hydrogens is 260 g/mol. The lowest BCUT2D eigenvalue weighted by molar-refractivity contribution is 0.0921. The van der Waals surface area contributed by atoms with Crippen molar-refractivity contribution in [3.63, 3.8) is 0 Å². The third-order valence-electron chi connectivity index (χ3n) is 3.46. The summed E-state index contributed by atoms with van der Waals surface area (Å²) in [4.78, 5) is 12.1. The van der Waals surface area contributed by atoms with Gasteiger partial charge in [-0.1, -0.05) is 60.2 Å². The third-order valence-corrected chi connectivity index (χ3v) is 3.46. The summed E-state index contributed by atoms with van der Waals surface area (Å²) in [6.45, 7) is 2.06. The lowest BCUT2D eigenvalue weighted by atomic mass is 10.1. The van der Waals surface area contributed by atoms with E-state index in [0.717, 1.165) is 16.3 Å². The molecule has 0 bridgehead atoms. The number of carbonyl (C=O) groups is 1. The first kappa shape index (κ1) is 13.4. The van der Waals surface area contributed by atoms with Gasteiger partial charge in [0.1, 0.15) is 5.75 Å². The summed E-state index contributed by atoms with van der Waals surface area (Å²) >= 11 is 0. The van der Waals surface area contributed by atoms with Crippen LogP contribution in [0.15, 0.2) is 66.7 Å². The van der Waals surface area contributed by atoms with Gasteiger partial charge in [-0.25, -0.2) is 0 Å². The van der Waals surface area contributed by atoms with Crippen LogP contribution < -0.4 is 4.74 Å². The van der Waals surface area contributed by atoms with Gasteiger partial charge in [0.25, 0.3) is 0 Å². The minimum absolute atomic E-state index is 0.0110. The Hall–Kier alpha value is -2.61. The molecule has 0 N–H and O–H groups in total. The molecular formula is C19H16O2. The number of hydrogen-bond donors (Lipinski definition) is 0. The maximum absolute atomic E-state index is 12.1. The molecule has 0 atom stereocenters. The van der Waals surface area contributed by atoms with Crippen molar-refractivity contribution >= 4 is 16.6 Å². The van der Waals surface area contributed by atoms with E-state index in [1.54, 1.807) is 0 Å². The van der Waals surface area contributed by atoms with Crippen LogP contribution in [0.5, 0.6) is 5.75 Å². The molecule has 0 aliphatic carbocycles. The monoisotopic (exact) mass is 276 g/mol. The van der Waals surface area contributed by atoms with E-state index in [2.05, 4.69) is 6.07 Å². The van der Waals surface area contributed by atoms with Crippen LogP contribution in [-0.4, -0.2) is 12.4 Å². The Kier molecular flexibility index (Phi) is 3.69. The zero-order valence-electron chi connectivity index (χ0n) is 11.9. The minimum Gasteiger partial charge on any atom is -0.485 e. The lowest BCUT2D eigenvalue weighted by Gasteiger charge is -2.07. The van der Waals surface area contributed by atoms with Crippen LogP contribution in [0.4, 0.5) is 0 Å². The normalized spacial score (nSPS) is 10.5. The quantitative estimate of drug-likeness (QED) is 0.660. The summed E-state index contributed by atoms with van der Waals surface area (Å²) in [5.41, 5.74) is 1.82. The highest BCUT2D eigenvalue weighted by molar-refractivity contribution is 5.97. The van der Waals surface area contributed by atoms with E-state index in [1.807, 2.05) is 67.6 Å². The van der Waals surface area contributed by atoms with Crippen LogP contribution >= 0.6 is 0 Å². The SMILES string of the molecule is Cc1ccc(C(=O)COc2ccc3ccccc3c2)cc1. The molecule has 0 unspecified atom stereocenters. The van der Waals surface area contributed by atoms with E-state index >= 15 is 0 Å². The lowest BCUT2D eigenvalue weighted by Crippen LogP contribution is -2.11. The first-order valence-corrected chi connectivity index (χ1v) is 6.94. The Morgan fingerprint density at radius 1 is 0.905 bits per heavy atom. The Balaban J connectivity index is 1.71. The fourth-order valence-corrected chi connectivity index (χ4v) is 2.23. The van der Waals surface area contributed by atoms with Crippen molar-refractivity contribution in [2.24, 2.45) is 0 Å². The van der Waals surface area contributed by atoms with E-state index in [0.29, 0.717) is 11.3 Å². The number of aryl methyl sites for hydroxylation is 1. The molecule has 3 rings (SSSR count). The predicted molar refractivity (Wildman–Crippen MR) is 85.0 cm³/mol. The van der Waals surface area contributed by atoms with Gasteiger partial charge in [0.15, 0.2) is 12.4 Å². The average Bonchev–Trinajstić information content (AvgIpc) is 2.53. The molecule has 0 radical (unpaired) electrons. The Bertz CT molecular complexity index is 773. The van der Waals surface area contributed by atoms with E-state index in [1.165, 1.54) is 0 Å². The number of ketones is 1.